The van der Waals surface area contributed by atoms with E-state index in [0.29, 0.717) is 28.5 Å². The highest BCUT2D eigenvalue weighted by Gasteiger charge is 2.18. The number of amides is 2. The maximum absolute atomic E-state index is 11.6. The van der Waals surface area contributed by atoms with Crippen LogP contribution in [-0.4, -0.2) is 37.0 Å². The van der Waals surface area contributed by atoms with Crippen LogP contribution >= 0.6 is 0 Å². The average Bonchev–Trinajstić information content (AvgIpc) is 3.29. The van der Waals surface area contributed by atoms with Gasteiger partial charge in [-0.2, -0.15) is 0 Å². The number of hydrazine groups is 1. The van der Waals surface area contributed by atoms with Crippen molar-refractivity contribution < 1.29 is 14.0 Å². The molecule has 2 amide bonds. The van der Waals surface area contributed by atoms with Crippen molar-refractivity contribution >= 4 is 17.6 Å². The molecule has 0 unspecified atom stereocenters. The Morgan fingerprint density at radius 3 is 2.39 bits per heavy atom. The summed E-state index contributed by atoms with van der Waals surface area (Å²) in [5.41, 5.74) is 4.22. The van der Waals surface area contributed by atoms with Gasteiger partial charge in [-0.05, 0) is 18.2 Å². The smallest absolute Gasteiger partial charge is 0.285 e. The lowest BCUT2D eigenvalue weighted by atomic mass is 10.1. The number of benzene rings is 1. The molecule has 0 aliphatic rings. The summed E-state index contributed by atoms with van der Waals surface area (Å²) < 4.78 is 5.87. The zero-order valence-electron chi connectivity index (χ0n) is 16.2. The molecule has 0 fully saturated rings. The first-order valence-corrected chi connectivity index (χ1v) is 9.05. The predicted octanol–water partition coefficient (Wildman–Crippen LogP) is 1.82. The highest BCUT2D eigenvalue weighted by atomic mass is 16.4. The molecule has 0 bridgehead atoms. The molecule has 0 aliphatic carbocycles. The molecule has 3 aromatic heterocycles. The van der Waals surface area contributed by atoms with Crippen LogP contribution in [0.5, 0.6) is 0 Å². The number of anilines is 1. The fraction of sp³-hybridized carbons (Fsp3) is 0.0500. The second-order valence-corrected chi connectivity index (χ2v) is 6.34. The molecule has 11 nitrogen and oxygen atoms in total. The Hall–Kier alpha value is -4.51. The first kappa shape index (κ1) is 19.8. The Labute approximate surface area is 175 Å². The molecule has 0 aliphatic heterocycles. The molecule has 4 N–H and O–H groups in total. The third kappa shape index (κ3) is 4.26. The molecule has 4 rings (SSSR count). The van der Waals surface area contributed by atoms with Crippen molar-refractivity contribution in [2.45, 2.75) is 6.92 Å². The second kappa shape index (κ2) is 8.47. The van der Waals surface area contributed by atoms with Crippen molar-refractivity contribution in [3.05, 3.63) is 60.7 Å². The monoisotopic (exact) mass is 416 g/mol. The molecule has 31 heavy (non-hydrogen) atoms. The first-order valence-electron chi connectivity index (χ1n) is 9.05. The van der Waals surface area contributed by atoms with Gasteiger partial charge in [-0.25, -0.2) is 15.8 Å². The van der Waals surface area contributed by atoms with E-state index >= 15 is 0 Å². The Morgan fingerprint density at radius 2 is 1.71 bits per heavy atom. The van der Waals surface area contributed by atoms with Crippen molar-refractivity contribution in [3.63, 3.8) is 0 Å². The largest absolute Gasteiger partial charge is 0.416 e. The zero-order chi connectivity index (χ0) is 21.8. The van der Waals surface area contributed by atoms with E-state index in [4.69, 9.17) is 10.3 Å². The fourth-order valence-electron chi connectivity index (χ4n) is 2.77. The van der Waals surface area contributed by atoms with E-state index in [1.54, 1.807) is 6.07 Å². The third-order valence-electron chi connectivity index (χ3n) is 4.18. The van der Waals surface area contributed by atoms with E-state index in [-0.39, 0.29) is 17.5 Å². The number of rotatable bonds is 5. The molecular weight excluding hydrogens is 400 g/mol. The van der Waals surface area contributed by atoms with E-state index in [9.17, 15) is 9.59 Å². The molecular formula is C20H16N8O3. The van der Waals surface area contributed by atoms with Gasteiger partial charge in [0, 0.05) is 24.2 Å². The fourth-order valence-corrected chi connectivity index (χ4v) is 2.77. The normalized spacial score (nSPS) is 10.5. The standard InChI is InChI=1S/C20H16N8O3/c1-11(29)25-17-7-13(20-28-27-19(31-20)12-5-3-2-4-6-12)14(8-24-17)15-9-23-16(10-22-15)18(30)26-21/h2-10H,21H2,1H3,(H,26,30)(H,24,25,29). The number of nitrogens with one attached hydrogen (secondary N) is 2. The van der Waals surface area contributed by atoms with E-state index in [0.717, 1.165) is 5.56 Å². The summed E-state index contributed by atoms with van der Waals surface area (Å²) in [7, 11) is 0. The van der Waals surface area contributed by atoms with Crippen LogP contribution in [0.2, 0.25) is 0 Å². The molecule has 3 heterocycles. The highest BCUT2D eigenvalue weighted by Crippen LogP contribution is 2.32. The van der Waals surface area contributed by atoms with Crippen LogP contribution in [0.25, 0.3) is 34.2 Å². The number of aromatic nitrogens is 5. The maximum Gasteiger partial charge on any atom is 0.285 e. The van der Waals surface area contributed by atoms with Gasteiger partial charge in [0.25, 0.3) is 5.91 Å². The Balaban J connectivity index is 1.79. The average molecular weight is 416 g/mol. The van der Waals surface area contributed by atoms with E-state index in [1.165, 1.54) is 25.5 Å². The number of carbonyl (C=O) groups is 2. The van der Waals surface area contributed by atoms with E-state index in [1.807, 2.05) is 35.8 Å². The minimum Gasteiger partial charge on any atom is -0.416 e. The van der Waals surface area contributed by atoms with Gasteiger partial charge in [0.2, 0.25) is 17.7 Å². The molecule has 0 atom stereocenters. The molecule has 1 aromatic carbocycles. The van der Waals surface area contributed by atoms with Gasteiger partial charge >= 0.3 is 0 Å². The summed E-state index contributed by atoms with van der Waals surface area (Å²) in [6.07, 6.45) is 4.18. The van der Waals surface area contributed by atoms with E-state index in [2.05, 4.69) is 30.5 Å². The van der Waals surface area contributed by atoms with Crippen molar-refractivity contribution in [2.24, 2.45) is 5.84 Å². The minimum absolute atomic E-state index is 0.0554. The van der Waals surface area contributed by atoms with Gasteiger partial charge < -0.3 is 9.73 Å². The van der Waals surface area contributed by atoms with Crippen molar-refractivity contribution in [2.75, 3.05) is 5.32 Å². The lowest BCUT2D eigenvalue weighted by Crippen LogP contribution is -2.30. The molecule has 0 saturated carbocycles. The summed E-state index contributed by atoms with van der Waals surface area (Å²) in [6, 6.07) is 10.9. The van der Waals surface area contributed by atoms with Gasteiger partial charge in [0.15, 0.2) is 0 Å². The predicted molar refractivity (Wildman–Crippen MR) is 110 cm³/mol. The van der Waals surface area contributed by atoms with Crippen LogP contribution < -0.4 is 16.6 Å². The molecule has 0 radical (unpaired) electrons. The van der Waals surface area contributed by atoms with Crippen LogP contribution in [0.15, 0.2) is 59.4 Å². The zero-order valence-corrected chi connectivity index (χ0v) is 16.2. The number of carbonyl (C=O) groups excluding carboxylic acids is 2. The molecule has 154 valence electrons. The minimum atomic E-state index is -0.567. The van der Waals surface area contributed by atoms with Gasteiger partial charge in [-0.3, -0.25) is 20.0 Å². The summed E-state index contributed by atoms with van der Waals surface area (Å²) in [6.45, 7) is 1.38. The number of hydrogen-bond acceptors (Lipinski definition) is 9. The lowest BCUT2D eigenvalue weighted by Gasteiger charge is -2.09. The van der Waals surface area contributed by atoms with Gasteiger partial charge in [0.05, 0.1) is 23.7 Å². The highest BCUT2D eigenvalue weighted by molar-refractivity contribution is 5.92. The third-order valence-corrected chi connectivity index (χ3v) is 4.18. The number of nitrogens with zero attached hydrogens (tertiary/aromatic N) is 5. The van der Waals surface area contributed by atoms with Crippen molar-refractivity contribution in [1.29, 1.82) is 0 Å². The van der Waals surface area contributed by atoms with Crippen LogP contribution in [0, 0.1) is 0 Å². The van der Waals surface area contributed by atoms with Crippen molar-refractivity contribution in [3.8, 4) is 34.2 Å². The molecule has 4 aromatic rings. The SMILES string of the molecule is CC(=O)Nc1cc(-c2nnc(-c3ccccc3)o2)c(-c2cnc(C(=O)NN)cn2)cn1. The van der Waals surface area contributed by atoms with Crippen molar-refractivity contribution in [1.82, 2.24) is 30.6 Å². The number of pyridine rings is 1. The Kier molecular flexibility index (Phi) is 5.41. The van der Waals surface area contributed by atoms with Gasteiger partial charge in [-0.15, -0.1) is 10.2 Å². The molecule has 0 saturated heterocycles. The topological polar surface area (TPSA) is 162 Å². The molecule has 0 spiro atoms. The van der Waals surface area contributed by atoms with Gasteiger partial charge in [0.1, 0.15) is 11.5 Å². The van der Waals surface area contributed by atoms with E-state index < -0.39 is 5.91 Å². The number of nitrogen functional groups attached to an aromatic ring is 1. The Bertz CT molecular complexity index is 1240. The van der Waals surface area contributed by atoms with Crippen LogP contribution in [-0.2, 0) is 4.79 Å². The summed E-state index contributed by atoms with van der Waals surface area (Å²) in [5, 5.41) is 10.9. The first-order chi connectivity index (χ1) is 15.0. The molecule has 11 heteroatoms. The van der Waals surface area contributed by atoms with Crippen LogP contribution in [0.3, 0.4) is 0 Å². The van der Waals surface area contributed by atoms with Crippen LogP contribution in [0.1, 0.15) is 17.4 Å². The quantitative estimate of drug-likeness (QED) is 0.250. The van der Waals surface area contributed by atoms with Crippen LogP contribution in [0.4, 0.5) is 5.82 Å². The number of hydrogen-bond donors (Lipinski definition) is 3. The second-order valence-electron chi connectivity index (χ2n) is 6.34. The summed E-state index contributed by atoms with van der Waals surface area (Å²) >= 11 is 0. The number of nitrogens with two attached hydrogens (primary N) is 1. The summed E-state index contributed by atoms with van der Waals surface area (Å²) in [4.78, 5) is 35.6. The lowest BCUT2D eigenvalue weighted by molar-refractivity contribution is -0.114. The summed E-state index contributed by atoms with van der Waals surface area (Å²) in [5.74, 6) is 5.11. The Morgan fingerprint density at radius 1 is 0.935 bits per heavy atom. The maximum atomic E-state index is 11.6. The van der Waals surface area contributed by atoms with Gasteiger partial charge in [-0.1, -0.05) is 18.2 Å².